The van der Waals surface area contributed by atoms with Gasteiger partial charge < -0.3 is 9.47 Å². The van der Waals surface area contributed by atoms with Crippen molar-refractivity contribution in [1.82, 2.24) is 4.31 Å². The standard InChI is InChI=1S/C20H21Cl2NO5S/c1-13-10-23(11-14(2)28-13)29(25,26)18-5-3-4-15(8-18)20(24)27-12-16-6-7-17(21)9-19(16)22/h3-9,13-14H,10-12H2,1-2H3. The van der Waals surface area contributed by atoms with E-state index in [1.54, 1.807) is 18.2 Å². The maximum atomic E-state index is 13.0. The Morgan fingerprint density at radius 1 is 1.14 bits per heavy atom. The molecule has 3 rings (SSSR count). The SMILES string of the molecule is CC1CN(S(=O)(=O)c2cccc(C(=O)OCc3ccc(Cl)cc3Cl)c2)CC(C)O1. The molecular formula is C20H21Cl2NO5S. The largest absolute Gasteiger partial charge is 0.457 e. The van der Waals surface area contributed by atoms with E-state index in [1.165, 1.54) is 28.6 Å². The van der Waals surface area contributed by atoms with Crippen molar-refractivity contribution in [3.05, 3.63) is 63.6 Å². The summed E-state index contributed by atoms with van der Waals surface area (Å²) in [5, 5.41) is 0.868. The van der Waals surface area contributed by atoms with E-state index in [4.69, 9.17) is 32.7 Å². The highest BCUT2D eigenvalue weighted by atomic mass is 35.5. The van der Waals surface area contributed by atoms with Crippen LogP contribution in [0.4, 0.5) is 0 Å². The van der Waals surface area contributed by atoms with Crippen LogP contribution in [0, 0.1) is 0 Å². The Hall–Kier alpha value is -1.64. The predicted molar refractivity (Wildman–Crippen MR) is 111 cm³/mol. The molecule has 2 aromatic carbocycles. The number of hydrogen-bond acceptors (Lipinski definition) is 5. The first-order valence-corrected chi connectivity index (χ1v) is 11.2. The molecule has 0 N–H and O–H groups in total. The van der Waals surface area contributed by atoms with Crippen LogP contribution in [0.2, 0.25) is 10.0 Å². The van der Waals surface area contributed by atoms with Gasteiger partial charge in [0.2, 0.25) is 10.0 Å². The third-order valence-corrected chi connectivity index (χ3v) is 6.88. The first kappa shape index (κ1) is 22.1. The fourth-order valence-corrected chi connectivity index (χ4v) is 5.22. The second-order valence-corrected chi connectivity index (χ2v) is 9.70. The van der Waals surface area contributed by atoms with E-state index in [1.807, 2.05) is 13.8 Å². The van der Waals surface area contributed by atoms with Gasteiger partial charge >= 0.3 is 5.97 Å². The number of nitrogens with zero attached hydrogens (tertiary/aromatic N) is 1. The Bertz CT molecular complexity index is 1000. The molecule has 1 aliphatic heterocycles. The van der Waals surface area contributed by atoms with Crippen LogP contribution in [0.5, 0.6) is 0 Å². The zero-order valence-corrected chi connectivity index (χ0v) is 18.3. The van der Waals surface area contributed by atoms with E-state index in [-0.39, 0.29) is 42.4 Å². The summed E-state index contributed by atoms with van der Waals surface area (Å²) in [4.78, 5) is 12.5. The molecule has 0 bridgehead atoms. The number of sulfonamides is 1. The van der Waals surface area contributed by atoms with Crippen LogP contribution in [0.25, 0.3) is 0 Å². The van der Waals surface area contributed by atoms with E-state index in [0.717, 1.165) is 0 Å². The lowest BCUT2D eigenvalue weighted by atomic mass is 10.2. The summed E-state index contributed by atoms with van der Waals surface area (Å²) in [7, 11) is -3.75. The van der Waals surface area contributed by atoms with Gasteiger partial charge in [0.15, 0.2) is 0 Å². The number of carbonyl (C=O) groups is 1. The van der Waals surface area contributed by atoms with Gasteiger partial charge in [0.25, 0.3) is 0 Å². The molecule has 0 aliphatic carbocycles. The molecule has 2 atom stereocenters. The molecule has 9 heteroatoms. The summed E-state index contributed by atoms with van der Waals surface area (Å²) in [6.45, 7) is 4.12. The fraction of sp³-hybridized carbons (Fsp3) is 0.350. The highest BCUT2D eigenvalue weighted by molar-refractivity contribution is 7.89. The third kappa shape index (κ3) is 5.29. The molecule has 29 heavy (non-hydrogen) atoms. The number of benzene rings is 2. The van der Waals surface area contributed by atoms with Gasteiger partial charge in [-0.05, 0) is 44.2 Å². The maximum Gasteiger partial charge on any atom is 0.338 e. The van der Waals surface area contributed by atoms with Crippen LogP contribution >= 0.6 is 23.2 Å². The van der Waals surface area contributed by atoms with Crippen molar-refractivity contribution in [3.8, 4) is 0 Å². The molecule has 0 spiro atoms. The Balaban J connectivity index is 1.75. The van der Waals surface area contributed by atoms with Crippen LogP contribution < -0.4 is 0 Å². The summed E-state index contributed by atoms with van der Waals surface area (Å²) in [6, 6.07) is 10.7. The minimum absolute atomic E-state index is 0.0396. The van der Waals surface area contributed by atoms with Gasteiger partial charge in [0.1, 0.15) is 6.61 Å². The monoisotopic (exact) mass is 457 g/mol. The van der Waals surface area contributed by atoms with Crippen LogP contribution in [-0.2, 0) is 26.1 Å². The molecule has 0 saturated carbocycles. The van der Waals surface area contributed by atoms with Gasteiger partial charge in [0, 0.05) is 28.7 Å². The van der Waals surface area contributed by atoms with E-state index in [9.17, 15) is 13.2 Å². The van der Waals surface area contributed by atoms with Crippen molar-refractivity contribution >= 4 is 39.2 Å². The average molecular weight is 458 g/mol. The van der Waals surface area contributed by atoms with Gasteiger partial charge in [0.05, 0.1) is 22.7 Å². The fourth-order valence-electron chi connectivity index (χ4n) is 3.12. The van der Waals surface area contributed by atoms with Crippen molar-refractivity contribution in [1.29, 1.82) is 0 Å². The highest BCUT2D eigenvalue weighted by Crippen LogP contribution is 2.24. The van der Waals surface area contributed by atoms with E-state index >= 15 is 0 Å². The number of rotatable bonds is 5. The van der Waals surface area contributed by atoms with Crippen molar-refractivity contribution in [2.75, 3.05) is 13.1 Å². The first-order valence-electron chi connectivity index (χ1n) is 9.03. The van der Waals surface area contributed by atoms with Gasteiger partial charge in [-0.15, -0.1) is 0 Å². The summed E-state index contributed by atoms with van der Waals surface area (Å²) in [6.07, 6.45) is -0.406. The molecule has 1 aliphatic rings. The third-order valence-electron chi connectivity index (χ3n) is 4.47. The van der Waals surface area contributed by atoms with E-state index < -0.39 is 16.0 Å². The molecule has 1 saturated heterocycles. The summed E-state index contributed by atoms with van der Waals surface area (Å²) in [5.41, 5.74) is 0.745. The van der Waals surface area contributed by atoms with E-state index in [2.05, 4.69) is 0 Å². The highest BCUT2D eigenvalue weighted by Gasteiger charge is 2.32. The second-order valence-electron chi connectivity index (χ2n) is 6.92. The number of morpholine rings is 1. The quantitative estimate of drug-likeness (QED) is 0.630. The Morgan fingerprint density at radius 2 is 1.83 bits per heavy atom. The van der Waals surface area contributed by atoms with Crippen LogP contribution in [-0.4, -0.2) is 44.0 Å². The Kier molecular flexibility index (Phi) is 6.86. The van der Waals surface area contributed by atoms with Crippen molar-refractivity contribution < 1.29 is 22.7 Å². The number of carbonyl (C=O) groups excluding carboxylic acids is 1. The zero-order chi connectivity index (χ0) is 21.2. The molecule has 0 amide bonds. The molecule has 0 radical (unpaired) electrons. The van der Waals surface area contributed by atoms with Gasteiger partial charge in [-0.1, -0.05) is 35.3 Å². The maximum absolute atomic E-state index is 13.0. The number of halogens is 2. The molecule has 156 valence electrons. The molecule has 1 fully saturated rings. The average Bonchev–Trinajstić information content (AvgIpc) is 2.66. The molecule has 1 heterocycles. The topological polar surface area (TPSA) is 72.9 Å². The molecule has 6 nitrogen and oxygen atoms in total. The molecular weight excluding hydrogens is 437 g/mol. The van der Waals surface area contributed by atoms with Gasteiger partial charge in [-0.3, -0.25) is 0 Å². The van der Waals surface area contributed by atoms with Gasteiger partial charge in [-0.25, -0.2) is 13.2 Å². The minimum Gasteiger partial charge on any atom is -0.457 e. The molecule has 2 aromatic rings. The predicted octanol–water partition coefficient (Wildman–Crippen LogP) is 4.15. The lowest BCUT2D eigenvalue weighted by Crippen LogP contribution is -2.48. The van der Waals surface area contributed by atoms with Crippen molar-refractivity contribution in [3.63, 3.8) is 0 Å². The van der Waals surface area contributed by atoms with E-state index in [0.29, 0.717) is 15.6 Å². The lowest BCUT2D eigenvalue weighted by molar-refractivity contribution is -0.0440. The number of esters is 1. The van der Waals surface area contributed by atoms with Crippen LogP contribution in [0.15, 0.2) is 47.4 Å². The molecule has 0 aromatic heterocycles. The lowest BCUT2D eigenvalue weighted by Gasteiger charge is -2.34. The molecule has 2 unspecified atom stereocenters. The normalized spacial score (nSPS) is 20.4. The van der Waals surface area contributed by atoms with Crippen molar-refractivity contribution in [2.45, 2.75) is 37.6 Å². The zero-order valence-electron chi connectivity index (χ0n) is 16.0. The summed E-state index contributed by atoms with van der Waals surface area (Å²) >= 11 is 11.9. The first-order chi connectivity index (χ1) is 13.7. The summed E-state index contributed by atoms with van der Waals surface area (Å²) < 4.78 is 38.3. The second kappa shape index (κ2) is 9.02. The Labute approximate surface area is 180 Å². The van der Waals surface area contributed by atoms with Crippen molar-refractivity contribution in [2.24, 2.45) is 0 Å². The van der Waals surface area contributed by atoms with Crippen LogP contribution in [0.3, 0.4) is 0 Å². The number of ether oxygens (including phenoxy) is 2. The minimum atomic E-state index is -3.75. The smallest absolute Gasteiger partial charge is 0.338 e. The Morgan fingerprint density at radius 3 is 2.48 bits per heavy atom. The summed E-state index contributed by atoms with van der Waals surface area (Å²) in [5.74, 6) is -0.642. The number of hydrogen-bond donors (Lipinski definition) is 0. The van der Waals surface area contributed by atoms with Crippen LogP contribution in [0.1, 0.15) is 29.8 Å². The van der Waals surface area contributed by atoms with Gasteiger partial charge in [-0.2, -0.15) is 4.31 Å².